The Balaban J connectivity index is 3.58. The van der Waals surface area contributed by atoms with E-state index in [1.54, 1.807) is 0 Å². The molecule has 1 aromatic rings. The third-order valence-corrected chi connectivity index (χ3v) is 2.01. The predicted octanol–water partition coefficient (Wildman–Crippen LogP) is 1.43. The second-order valence-corrected chi connectivity index (χ2v) is 3.13. The van der Waals surface area contributed by atoms with Gasteiger partial charge < -0.3 is 5.11 Å². The highest BCUT2D eigenvalue weighted by molar-refractivity contribution is 5.72. The van der Waals surface area contributed by atoms with Gasteiger partial charge in [-0.2, -0.15) is 5.26 Å². The minimum atomic E-state index is -3.29. The van der Waals surface area contributed by atoms with Gasteiger partial charge in [0.2, 0.25) is 0 Å². The normalized spacial score (nSPS) is 10.1. The van der Waals surface area contributed by atoms with E-state index in [0.717, 1.165) is 6.20 Å². The van der Waals surface area contributed by atoms with Crippen molar-refractivity contribution in [2.45, 2.75) is 12.8 Å². The van der Waals surface area contributed by atoms with Gasteiger partial charge in [-0.25, -0.2) is 13.8 Å². The van der Waals surface area contributed by atoms with Crippen molar-refractivity contribution in [1.29, 1.82) is 5.26 Å². The molecule has 9 heteroatoms. The fraction of sp³-hybridized carbons (Fsp3) is 0.222. The summed E-state index contributed by atoms with van der Waals surface area (Å²) in [7, 11) is 0. The summed E-state index contributed by atoms with van der Waals surface area (Å²) in [5.74, 6) is -1.43. The molecule has 0 aromatic carbocycles. The van der Waals surface area contributed by atoms with Crippen LogP contribution in [0.1, 0.15) is 23.2 Å². The molecule has 94 valence electrons. The number of rotatable bonds is 4. The summed E-state index contributed by atoms with van der Waals surface area (Å²) >= 11 is 0. The van der Waals surface area contributed by atoms with Crippen molar-refractivity contribution in [2.24, 2.45) is 0 Å². The van der Waals surface area contributed by atoms with Crippen molar-refractivity contribution in [3.05, 3.63) is 33.1 Å². The molecule has 18 heavy (non-hydrogen) atoms. The van der Waals surface area contributed by atoms with Crippen molar-refractivity contribution in [3.63, 3.8) is 0 Å². The molecule has 1 heterocycles. The van der Waals surface area contributed by atoms with Gasteiger partial charge in [0, 0.05) is 6.20 Å². The summed E-state index contributed by atoms with van der Waals surface area (Å²) in [6.07, 6.45) is -3.37. The quantitative estimate of drug-likeness (QED) is 0.643. The van der Waals surface area contributed by atoms with Gasteiger partial charge in [0.1, 0.15) is 11.6 Å². The third-order valence-electron chi connectivity index (χ3n) is 2.01. The van der Waals surface area contributed by atoms with E-state index in [9.17, 15) is 23.7 Å². The summed E-state index contributed by atoms with van der Waals surface area (Å²) < 4.78 is 25.4. The fourth-order valence-corrected chi connectivity index (χ4v) is 1.36. The van der Waals surface area contributed by atoms with E-state index in [1.165, 1.54) is 6.07 Å². The van der Waals surface area contributed by atoms with Crippen LogP contribution in [-0.2, 0) is 11.2 Å². The van der Waals surface area contributed by atoms with Gasteiger partial charge in [-0.05, 0) is 0 Å². The zero-order valence-corrected chi connectivity index (χ0v) is 8.63. The average Bonchev–Trinajstić information content (AvgIpc) is 2.26. The molecule has 0 saturated carbocycles. The minimum absolute atomic E-state index is 0.471. The molecule has 1 N–H and O–H groups in total. The average molecular weight is 257 g/mol. The molecule has 0 fully saturated rings. The number of pyridine rings is 1. The van der Waals surface area contributed by atoms with E-state index in [-0.39, 0.29) is 0 Å². The Morgan fingerprint density at radius 2 is 2.28 bits per heavy atom. The van der Waals surface area contributed by atoms with E-state index in [1.807, 2.05) is 0 Å². The first-order valence-corrected chi connectivity index (χ1v) is 4.44. The first-order chi connectivity index (χ1) is 8.38. The van der Waals surface area contributed by atoms with Crippen LogP contribution in [0.15, 0.2) is 6.20 Å². The summed E-state index contributed by atoms with van der Waals surface area (Å²) in [5.41, 5.74) is -3.48. The van der Waals surface area contributed by atoms with Crippen LogP contribution in [0.3, 0.4) is 0 Å². The summed E-state index contributed by atoms with van der Waals surface area (Å²) in [6, 6.07) is 1.31. The second-order valence-electron chi connectivity index (χ2n) is 3.13. The zero-order chi connectivity index (χ0) is 13.9. The Morgan fingerprint density at radius 3 is 2.67 bits per heavy atom. The van der Waals surface area contributed by atoms with Gasteiger partial charge in [-0.15, -0.1) is 0 Å². The largest absolute Gasteiger partial charge is 0.481 e. The molecule has 0 saturated heterocycles. The number of carbonyl (C=O) groups is 1. The van der Waals surface area contributed by atoms with E-state index in [4.69, 9.17) is 10.4 Å². The number of carboxylic acids is 1. The predicted molar refractivity (Wildman–Crippen MR) is 51.9 cm³/mol. The molecule has 1 rings (SSSR count). The van der Waals surface area contributed by atoms with Crippen LogP contribution in [0.5, 0.6) is 0 Å². The highest BCUT2D eigenvalue weighted by Crippen LogP contribution is 2.33. The number of carboxylic acid groups (broad SMARTS) is 1. The number of aromatic nitrogens is 1. The smallest absolute Gasteiger partial charge is 0.308 e. The number of hydrogen-bond donors (Lipinski definition) is 1. The number of nitrogens with zero attached hydrogens (tertiary/aromatic N) is 3. The monoisotopic (exact) mass is 257 g/mol. The van der Waals surface area contributed by atoms with Crippen LogP contribution in [0.25, 0.3) is 0 Å². The maximum absolute atomic E-state index is 12.7. The molecule has 0 aliphatic heterocycles. The molecule has 0 amide bonds. The van der Waals surface area contributed by atoms with Crippen LogP contribution in [0.4, 0.5) is 14.5 Å². The topological polar surface area (TPSA) is 117 Å². The Labute approximate surface area is 98.4 Å². The maximum atomic E-state index is 12.7. The van der Waals surface area contributed by atoms with E-state index >= 15 is 0 Å². The summed E-state index contributed by atoms with van der Waals surface area (Å²) in [4.78, 5) is 23.4. The summed E-state index contributed by atoms with van der Waals surface area (Å²) in [6.45, 7) is 0. The molecule has 0 atom stereocenters. The Hall–Kier alpha value is -2.63. The molecule has 0 bridgehead atoms. The van der Waals surface area contributed by atoms with Crippen molar-refractivity contribution in [1.82, 2.24) is 4.98 Å². The molecule has 0 radical (unpaired) electrons. The van der Waals surface area contributed by atoms with Crippen molar-refractivity contribution in [3.8, 4) is 6.07 Å². The third kappa shape index (κ3) is 2.54. The molecule has 0 aliphatic carbocycles. The maximum Gasteiger partial charge on any atom is 0.308 e. The summed E-state index contributed by atoms with van der Waals surface area (Å²) in [5, 5.41) is 27.8. The van der Waals surface area contributed by atoms with Crippen LogP contribution < -0.4 is 0 Å². The lowest BCUT2D eigenvalue weighted by atomic mass is 10.1. The number of nitriles is 1. The lowest BCUT2D eigenvalue weighted by Gasteiger charge is -2.06. The molecule has 1 aromatic heterocycles. The second kappa shape index (κ2) is 5.13. The Morgan fingerprint density at radius 1 is 1.67 bits per heavy atom. The lowest BCUT2D eigenvalue weighted by molar-refractivity contribution is -0.387. The van der Waals surface area contributed by atoms with Crippen LogP contribution in [0, 0.1) is 21.4 Å². The molecule has 0 spiro atoms. The van der Waals surface area contributed by atoms with Gasteiger partial charge in [0.25, 0.3) is 12.1 Å². The van der Waals surface area contributed by atoms with Gasteiger partial charge in [0.15, 0.2) is 5.69 Å². The molecule has 0 unspecified atom stereocenters. The number of aliphatic carboxylic acids is 1. The molecular formula is C9H5F2N3O4. The Bertz CT molecular complexity index is 553. The van der Waals surface area contributed by atoms with Gasteiger partial charge in [-0.3, -0.25) is 14.9 Å². The first-order valence-electron chi connectivity index (χ1n) is 4.44. The standard InChI is InChI=1S/C9H5F2N3O4/c10-9(11)7-5(2-12)13-3-4(1-6(15)16)8(7)14(17)18/h3,9H,1H2,(H,15,16). The first kappa shape index (κ1) is 13.4. The van der Waals surface area contributed by atoms with Gasteiger partial charge in [-0.1, -0.05) is 0 Å². The van der Waals surface area contributed by atoms with Crippen molar-refractivity contribution < 1.29 is 23.6 Å². The number of hydrogen-bond acceptors (Lipinski definition) is 5. The van der Waals surface area contributed by atoms with Crippen molar-refractivity contribution in [2.75, 3.05) is 0 Å². The van der Waals surface area contributed by atoms with Gasteiger partial charge in [0.05, 0.1) is 16.9 Å². The van der Waals surface area contributed by atoms with Crippen molar-refractivity contribution >= 4 is 11.7 Å². The number of nitro groups is 1. The van der Waals surface area contributed by atoms with E-state index < -0.39 is 46.2 Å². The SMILES string of the molecule is N#Cc1ncc(CC(=O)O)c([N+](=O)[O-])c1C(F)F. The highest BCUT2D eigenvalue weighted by atomic mass is 19.3. The van der Waals surface area contributed by atoms with Crippen LogP contribution in [0.2, 0.25) is 0 Å². The number of halogens is 2. The zero-order valence-electron chi connectivity index (χ0n) is 8.63. The van der Waals surface area contributed by atoms with Crippen LogP contribution >= 0.6 is 0 Å². The van der Waals surface area contributed by atoms with E-state index in [2.05, 4.69) is 4.98 Å². The Kier molecular flexibility index (Phi) is 3.83. The number of alkyl halides is 2. The lowest BCUT2D eigenvalue weighted by Crippen LogP contribution is -2.09. The molecular weight excluding hydrogens is 252 g/mol. The van der Waals surface area contributed by atoms with Gasteiger partial charge >= 0.3 is 5.97 Å². The molecule has 7 nitrogen and oxygen atoms in total. The van der Waals surface area contributed by atoms with Crippen LogP contribution in [-0.4, -0.2) is 21.0 Å². The minimum Gasteiger partial charge on any atom is -0.481 e. The highest BCUT2D eigenvalue weighted by Gasteiger charge is 2.31. The fourth-order valence-electron chi connectivity index (χ4n) is 1.36. The van der Waals surface area contributed by atoms with E-state index in [0.29, 0.717) is 0 Å². The molecule has 0 aliphatic rings.